The molecule has 0 bridgehead atoms. The van der Waals surface area contributed by atoms with E-state index >= 15 is 0 Å². The molecule has 1 aromatic rings. The number of benzene rings is 1. The summed E-state index contributed by atoms with van der Waals surface area (Å²) in [5.74, 6) is 0.827. The van der Waals surface area contributed by atoms with Crippen molar-refractivity contribution in [3.63, 3.8) is 0 Å². The fourth-order valence-corrected chi connectivity index (χ4v) is 1.67. The fourth-order valence-electron chi connectivity index (χ4n) is 1.67. The van der Waals surface area contributed by atoms with Crippen LogP contribution in [0.4, 0.5) is 5.69 Å². The lowest BCUT2D eigenvalue weighted by molar-refractivity contribution is -0.0432. The first-order valence-electron chi connectivity index (χ1n) is 5.43. The minimum Gasteiger partial charge on any atom is -0.495 e. The topological polar surface area (TPSA) is 39.7 Å². The van der Waals surface area contributed by atoms with E-state index in [0.717, 1.165) is 11.4 Å². The zero-order chi connectivity index (χ0) is 11.4. The zero-order valence-electron chi connectivity index (χ0n) is 9.60. The number of para-hydroxylation sites is 2. The van der Waals surface area contributed by atoms with E-state index in [1.807, 2.05) is 31.2 Å². The van der Waals surface area contributed by atoms with E-state index in [1.54, 1.807) is 7.11 Å². The maximum absolute atomic E-state index is 5.53. The second-order valence-corrected chi connectivity index (χ2v) is 3.79. The molecule has 16 heavy (non-hydrogen) atoms. The van der Waals surface area contributed by atoms with Gasteiger partial charge in [0.15, 0.2) is 6.29 Å². The molecule has 4 nitrogen and oxygen atoms in total. The molecule has 0 aliphatic carbocycles. The van der Waals surface area contributed by atoms with E-state index < -0.39 is 0 Å². The minimum atomic E-state index is -0.167. The standard InChI is InChI=1S/C12H17NO3/c1-9-8-15-12(16-9)7-13-10-5-3-4-6-11(10)14-2/h3-6,9,12-13H,7-8H2,1-2H3. The molecule has 4 heteroatoms. The largest absolute Gasteiger partial charge is 0.495 e. The molecule has 1 aliphatic heterocycles. The summed E-state index contributed by atoms with van der Waals surface area (Å²) in [6.45, 7) is 3.30. The SMILES string of the molecule is COc1ccccc1NCC1OCC(C)O1. The van der Waals surface area contributed by atoms with Gasteiger partial charge in [-0.05, 0) is 19.1 Å². The quantitative estimate of drug-likeness (QED) is 0.845. The number of nitrogens with one attached hydrogen (secondary N) is 1. The molecule has 1 heterocycles. The molecule has 0 aromatic heterocycles. The van der Waals surface area contributed by atoms with Crippen LogP contribution < -0.4 is 10.1 Å². The van der Waals surface area contributed by atoms with Gasteiger partial charge in [0.2, 0.25) is 0 Å². The van der Waals surface area contributed by atoms with Gasteiger partial charge in [0.05, 0.1) is 32.1 Å². The van der Waals surface area contributed by atoms with Gasteiger partial charge in [0.25, 0.3) is 0 Å². The van der Waals surface area contributed by atoms with Crippen LogP contribution in [-0.4, -0.2) is 32.7 Å². The van der Waals surface area contributed by atoms with Crippen LogP contribution in [0.3, 0.4) is 0 Å². The molecule has 1 fully saturated rings. The molecule has 1 saturated heterocycles. The van der Waals surface area contributed by atoms with Crippen LogP contribution in [0, 0.1) is 0 Å². The van der Waals surface area contributed by atoms with E-state index in [-0.39, 0.29) is 12.4 Å². The molecule has 0 amide bonds. The first kappa shape index (κ1) is 11.2. The van der Waals surface area contributed by atoms with Crippen molar-refractivity contribution in [3.05, 3.63) is 24.3 Å². The summed E-state index contributed by atoms with van der Waals surface area (Å²) in [6.07, 6.45) is 0.0179. The third-order valence-corrected chi connectivity index (χ3v) is 2.47. The Balaban J connectivity index is 1.89. The highest BCUT2D eigenvalue weighted by Crippen LogP contribution is 2.23. The maximum atomic E-state index is 5.53. The molecule has 1 aromatic carbocycles. The van der Waals surface area contributed by atoms with Gasteiger partial charge in [-0.1, -0.05) is 12.1 Å². The van der Waals surface area contributed by atoms with Gasteiger partial charge in [-0.2, -0.15) is 0 Å². The molecular formula is C12H17NO3. The van der Waals surface area contributed by atoms with Gasteiger partial charge in [-0.3, -0.25) is 0 Å². The molecule has 1 aliphatic rings. The summed E-state index contributed by atoms with van der Waals surface area (Å²) in [5.41, 5.74) is 0.955. The minimum absolute atomic E-state index is 0.167. The summed E-state index contributed by atoms with van der Waals surface area (Å²) in [7, 11) is 1.66. The second-order valence-electron chi connectivity index (χ2n) is 3.79. The van der Waals surface area contributed by atoms with Crippen LogP contribution in [0.5, 0.6) is 5.75 Å². The van der Waals surface area contributed by atoms with Gasteiger partial charge in [0.1, 0.15) is 5.75 Å². The third-order valence-electron chi connectivity index (χ3n) is 2.47. The summed E-state index contributed by atoms with van der Waals surface area (Å²) in [5, 5.41) is 3.25. The number of ether oxygens (including phenoxy) is 3. The predicted octanol–water partition coefficient (Wildman–Crippen LogP) is 1.87. The zero-order valence-corrected chi connectivity index (χ0v) is 9.60. The number of anilines is 1. The highest BCUT2D eigenvalue weighted by atomic mass is 16.7. The average Bonchev–Trinajstić information content (AvgIpc) is 2.73. The lowest BCUT2D eigenvalue weighted by Gasteiger charge is -2.14. The smallest absolute Gasteiger partial charge is 0.175 e. The highest BCUT2D eigenvalue weighted by Gasteiger charge is 2.22. The number of hydrogen-bond donors (Lipinski definition) is 1. The monoisotopic (exact) mass is 223 g/mol. The maximum Gasteiger partial charge on any atom is 0.175 e. The van der Waals surface area contributed by atoms with Crippen molar-refractivity contribution in [1.29, 1.82) is 0 Å². The first-order valence-corrected chi connectivity index (χ1v) is 5.43. The Morgan fingerprint density at radius 3 is 2.94 bits per heavy atom. The summed E-state index contributed by atoms with van der Waals surface area (Å²) in [4.78, 5) is 0. The third kappa shape index (κ3) is 2.65. The van der Waals surface area contributed by atoms with Crippen LogP contribution in [0.2, 0.25) is 0 Å². The van der Waals surface area contributed by atoms with Crippen molar-refractivity contribution in [3.8, 4) is 5.75 Å². The molecular weight excluding hydrogens is 206 g/mol. The molecule has 1 N–H and O–H groups in total. The van der Waals surface area contributed by atoms with E-state index in [4.69, 9.17) is 14.2 Å². The Morgan fingerprint density at radius 1 is 1.44 bits per heavy atom. The Hall–Kier alpha value is -1.26. The summed E-state index contributed by atoms with van der Waals surface area (Å²) in [6, 6.07) is 7.79. The lowest BCUT2D eigenvalue weighted by atomic mass is 10.3. The Labute approximate surface area is 95.5 Å². The number of methoxy groups -OCH3 is 1. The van der Waals surface area contributed by atoms with Gasteiger partial charge in [-0.25, -0.2) is 0 Å². The van der Waals surface area contributed by atoms with E-state index in [0.29, 0.717) is 13.2 Å². The van der Waals surface area contributed by atoms with E-state index in [2.05, 4.69) is 5.32 Å². The van der Waals surface area contributed by atoms with Gasteiger partial charge >= 0.3 is 0 Å². The van der Waals surface area contributed by atoms with E-state index in [9.17, 15) is 0 Å². The van der Waals surface area contributed by atoms with Crippen LogP contribution in [0.25, 0.3) is 0 Å². The molecule has 2 unspecified atom stereocenters. The Bertz CT molecular complexity index is 343. The number of rotatable bonds is 4. The fraction of sp³-hybridized carbons (Fsp3) is 0.500. The second kappa shape index (κ2) is 5.18. The van der Waals surface area contributed by atoms with Gasteiger partial charge < -0.3 is 19.5 Å². The lowest BCUT2D eigenvalue weighted by Crippen LogP contribution is -2.21. The van der Waals surface area contributed by atoms with Gasteiger partial charge in [0, 0.05) is 0 Å². The first-order chi connectivity index (χ1) is 7.79. The Kier molecular flexibility index (Phi) is 3.64. The van der Waals surface area contributed by atoms with Crippen molar-refractivity contribution in [2.24, 2.45) is 0 Å². The average molecular weight is 223 g/mol. The summed E-state index contributed by atoms with van der Waals surface area (Å²) >= 11 is 0. The van der Waals surface area contributed by atoms with Crippen molar-refractivity contribution in [1.82, 2.24) is 0 Å². The van der Waals surface area contributed by atoms with Crippen LogP contribution in [-0.2, 0) is 9.47 Å². The van der Waals surface area contributed by atoms with Crippen molar-refractivity contribution >= 4 is 5.69 Å². The molecule has 88 valence electrons. The summed E-state index contributed by atoms with van der Waals surface area (Å²) < 4.78 is 16.2. The van der Waals surface area contributed by atoms with Crippen molar-refractivity contribution < 1.29 is 14.2 Å². The molecule has 0 saturated carbocycles. The normalized spacial score (nSPS) is 24.4. The van der Waals surface area contributed by atoms with Crippen molar-refractivity contribution in [2.45, 2.75) is 19.3 Å². The molecule has 0 spiro atoms. The molecule has 2 rings (SSSR count). The van der Waals surface area contributed by atoms with Crippen LogP contribution in [0.15, 0.2) is 24.3 Å². The van der Waals surface area contributed by atoms with Crippen LogP contribution in [0.1, 0.15) is 6.92 Å². The van der Waals surface area contributed by atoms with E-state index in [1.165, 1.54) is 0 Å². The molecule has 2 atom stereocenters. The van der Waals surface area contributed by atoms with Gasteiger partial charge in [-0.15, -0.1) is 0 Å². The highest BCUT2D eigenvalue weighted by molar-refractivity contribution is 5.56. The molecule has 0 radical (unpaired) electrons. The number of hydrogen-bond acceptors (Lipinski definition) is 4. The van der Waals surface area contributed by atoms with Crippen LogP contribution >= 0.6 is 0 Å². The predicted molar refractivity (Wildman–Crippen MR) is 61.8 cm³/mol. The van der Waals surface area contributed by atoms with Crippen molar-refractivity contribution in [2.75, 3.05) is 25.6 Å². The Morgan fingerprint density at radius 2 is 2.25 bits per heavy atom.